The monoisotopic (exact) mass is 457 g/mol. The van der Waals surface area contributed by atoms with Crippen molar-refractivity contribution in [2.24, 2.45) is 0 Å². The Hall–Kier alpha value is -2.25. The molecule has 0 aliphatic heterocycles. The quantitative estimate of drug-likeness (QED) is 0.294. The second-order valence-corrected chi connectivity index (χ2v) is 7.44. The minimum Gasteiger partial charge on any atom is -0.488 e. The smallest absolute Gasteiger partial charge is 0.127 e. The lowest BCUT2D eigenvalue weighted by atomic mass is 10.0. The first-order chi connectivity index (χ1) is 13.1. The Labute approximate surface area is 176 Å². The van der Waals surface area contributed by atoms with Crippen LogP contribution < -0.4 is 4.74 Å². The van der Waals surface area contributed by atoms with Crippen molar-refractivity contribution >= 4 is 50.8 Å². The molecule has 0 radical (unpaired) electrons. The molecule has 0 heterocycles. The number of rotatable bonds is 5. The molecule has 0 amide bonds. The first kappa shape index (κ1) is 19.5. The van der Waals surface area contributed by atoms with E-state index in [1.54, 1.807) is 12.1 Å². The average molecular weight is 459 g/mol. The fourth-order valence-electron chi connectivity index (χ4n) is 2.54. The van der Waals surface area contributed by atoms with Crippen LogP contribution in [0, 0.1) is 11.3 Å². The molecule has 0 aliphatic carbocycles. The van der Waals surface area contributed by atoms with Gasteiger partial charge in [0.1, 0.15) is 12.4 Å². The van der Waals surface area contributed by atoms with Crippen molar-refractivity contribution in [3.63, 3.8) is 0 Å². The zero-order valence-electron chi connectivity index (χ0n) is 14.1. The van der Waals surface area contributed by atoms with Gasteiger partial charge in [-0.1, -0.05) is 75.5 Å². The summed E-state index contributed by atoms with van der Waals surface area (Å²) in [5, 5.41) is 10.8. The van der Waals surface area contributed by atoms with Crippen LogP contribution in [-0.2, 0) is 6.61 Å². The number of nitriles is 1. The third-order valence-electron chi connectivity index (χ3n) is 3.90. The van der Waals surface area contributed by atoms with Crippen molar-refractivity contribution in [1.82, 2.24) is 0 Å². The van der Waals surface area contributed by atoms with Crippen LogP contribution in [-0.4, -0.2) is 0 Å². The molecule has 3 aromatic rings. The van der Waals surface area contributed by atoms with Crippen LogP contribution in [0.5, 0.6) is 5.75 Å². The zero-order chi connectivity index (χ0) is 19.2. The summed E-state index contributed by atoms with van der Waals surface area (Å²) in [6, 6.07) is 22.7. The van der Waals surface area contributed by atoms with Gasteiger partial charge in [0.15, 0.2) is 0 Å². The van der Waals surface area contributed by atoms with Gasteiger partial charge in [-0.25, -0.2) is 0 Å². The summed E-state index contributed by atoms with van der Waals surface area (Å²) in [5.41, 5.74) is 2.80. The van der Waals surface area contributed by atoms with Crippen LogP contribution in [0.15, 0.2) is 71.2 Å². The Morgan fingerprint density at radius 1 is 1.00 bits per heavy atom. The summed E-state index contributed by atoms with van der Waals surface area (Å²) >= 11 is 15.9. The Balaban J connectivity index is 1.95. The highest BCUT2D eigenvalue weighted by atomic mass is 79.9. The van der Waals surface area contributed by atoms with Gasteiger partial charge in [-0.2, -0.15) is 5.26 Å². The van der Waals surface area contributed by atoms with Gasteiger partial charge in [0.05, 0.1) is 11.6 Å². The maximum absolute atomic E-state index is 9.62. The lowest BCUT2D eigenvalue weighted by molar-refractivity contribution is 0.305. The van der Waals surface area contributed by atoms with Crippen molar-refractivity contribution in [2.75, 3.05) is 0 Å². The predicted molar refractivity (Wildman–Crippen MR) is 115 cm³/mol. The van der Waals surface area contributed by atoms with Gasteiger partial charge in [0, 0.05) is 31.2 Å². The summed E-state index contributed by atoms with van der Waals surface area (Å²) in [7, 11) is 0. The fourth-order valence-corrected chi connectivity index (χ4v) is 3.35. The van der Waals surface area contributed by atoms with Crippen molar-refractivity contribution in [3.8, 4) is 11.8 Å². The molecule has 0 atom stereocenters. The van der Waals surface area contributed by atoms with Crippen molar-refractivity contribution in [2.45, 2.75) is 6.61 Å². The van der Waals surface area contributed by atoms with Crippen LogP contribution in [0.1, 0.15) is 16.7 Å². The fraction of sp³-hybridized carbons (Fsp3) is 0.0455. The molecule has 0 saturated carbocycles. The van der Waals surface area contributed by atoms with E-state index in [2.05, 4.69) is 22.0 Å². The summed E-state index contributed by atoms with van der Waals surface area (Å²) in [6.45, 7) is 0.329. The highest BCUT2D eigenvalue weighted by molar-refractivity contribution is 9.10. The molecule has 0 bridgehead atoms. The number of halogens is 3. The van der Waals surface area contributed by atoms with E-state index < -0.39 is 0 Å². The van der Waals surface area contributed by atoms with E-state index in [-0.39, 0.29) is 0 Å². The third-order valence-corrected chi connectivity index (χ3v) is 5.09. The summed E-state index contributed by atoms with van der Waals surface area (Å²) in [6.07, 6.45) is 1.77. The average Bonchev–Trinajstić information content (AvgIpc) is 2.67. The molecule has 0 saturated heterocycles. The minimum atomic E-state index is 0.329. The first-order valence-electron chi connectivity index (χ1n) is 8.11. The van der Waals surface area contributed by atoms with Gasteiger partial charge >= 0.3 is 0 Å². The van der Waals surface area contributed by atoms with Gasteiger partial charge in [-0.05, 0) is 36.4 Å². The van der Waals surface area contributed by atoms with Gasteiger partial charge in [0.2, 0.25) is 0 Å². The molecule has 27 heavy (non-hydrogen) atoms. The maximum Gasteiger partial charge on any atom is 0.127 e. The number of allylic oxidation sites excluding steroid dienone is 1. The normalized spacial score (nSPS) is 11.1. The standard InChI is InChI=1S/C22H14BrCl2NO/c23-18-9-10-22(27-14-15-5-1-3-7-20(15)24)16(12-18)11-17(13-26)19-6-2-4-8-21(19)25/h1-12H,14H2. The number of nitrogens with zero attached hydrogens (tertiary/aromatic N) is 1. The van der Waals surface area contributed by atoms with Crippen LogP contribution in [0.4, 0.5) is 0 Å². The SMILES string of the molecule is N#CC(=Cc1cc(Br)ccc1OCc1ccccc1Cl)c1ccccc1Cl. The van der Waals surface area contributed by atoms with E-state index in [9.17, 15) is 5.26 Å². The minimum absolute atomic E-state index is 0.329. The molecular weight excluding hydrogens is 445 g/mol. The number of hydrogen-bond acceptors (Lipinski definition) is 2. The van der Waals surface area contributed by atoms with Gasteiger partial charge in [0.25, 0.3) is 0 Å². The first-order valence-corrected chi connectivity index (χ1v) is 9.66. The molecule has 0 aliphatic rings. The van der Waals surface area contributed by atoms with E-state index >= 15 is 0 Å². The number of hydrogen-bond donors (Lipinski definition) is 0. The van der Waals surface area contributed by atoms with Gasteiger partial charge in [-0.3, -0.25) is 0 Å². The van der Waals surface area contributed by atoms with E-state index in [4.69, 9.17) is 27.9 Å². The topological polar surface area (TPSA) is 33.0 Å². The van der Waals surface area contributed by atoms with Crippen molar-refractivity contribution in [3.05, 3.63) is 97.9 Å². The molecule has 0 unspecified atom stereocenters. The second-order valence-electron chi connectivity index (χ2n) is 5.71. The third kappa shape index (κ3) is 4.93. The van der Waals surface area contributed by atoms with Crippen molar-refractivity contribution < 1.29 is 4.74 Å². The molecule has 0 spiro atoms. The Bertz CT molecular complexity index is 1040. The highest BCUT2D eigenvalue weighted by Gasteiger charge is 2.10. The highest BCUT2D eigenvalue weighted by Crippen LogP contribution is 2.31. The molecule has 3 aromatic carbocycles. The lowest BCUT2D eigenvalue weighted by Gasteiger charge is -2.12. The molecule has 3 rings (SSSR count). The predicted octanol–water partition coefficient (Wildman–Crippen LogP) is 7.40. The van der Waals surface area contributed by atoms with Gasteiger partial charge in [-0.15, -0.1) is 0 Å². The molecule has 5 heteroatoms. The molecule has 0 aromatic heterocycles. The van der Waals surface area contributed by atoms with Crippen LogP contribution >= 0.6 is 39.1 Å². The van der Waals surface area contributed by atoms with E-state index in [1.165, 1.54) is 0 Å². The Morgan fingerprint density at radius 2 is 1.70 bits per heavy atom. The van der Waals surface area contributed by atoms with Gasteiger partial charge < -0.3 is 4.74 Å². The molecular formula is C22H14BrCl2NO. The number of benzene rings is 3. The van der Waals surface area contributed by atoms with Crippen LogP contribution in [0.25, 0.3) is 11.6 Å². The summed E-state index contributed by atoms with van der Waals surface area (Å²) < 4.78 is 6.86. The maximum atomic E-state index is 9.62. The molecule has 0 fully saturated rings. The molecule has 0 N–H and O–H groups in total. The zero-order valence-corrected chi connectivity index (χ0v) is 17.2. The van der Waals surface area contributed by atoms with E-state index in [1.807, 2.05) is 60.7 Å². The molecule has 2 nitrogen and oxygen atoms in total. The summed E-state index contributed by atoms with van der Waals surface area (Å²) in [4.78, 5) is 0. The Kier molecular flexibility index (Phi) is 6.58. The Morgan fingerprint density at radius 3 is 2.41 bits per heavy atom. The van der Waals surface area contributed by atoms with Crippen LogP contribution in [0.2, 0.25) is 10.0 Å². The van der Waals surface area contributed by atoms with E-state index in [0.29, 0.717) is 33.5 Å². The summed E-state index contributed by atoms with van der Waals surface area (Å²) in [5.74, 6) is 0.651. The second kappa shape index (κ2) is 9.10. The van der Waals surface area contributed by atoms with E-state index in [0.717, 1.165) is 15.6 Å². The van der Waals surface area contributed by atoms with Crippen molar-refractivity contribution in [1.29, 1.82) is 5.26 Å². The number of ether oxygens (including phenoxy) is 1. The lowest BCUT2D eigenvalue weighted by Crippen LogP contribution is -1.98. The van der Waals surface area contributed by atoms with Crippen LogP contribution in [0.3, 0.4) is 0 Å². The molecule has 134 valence electrons. The largest absolute Gasteiger partial charge is 0.488 e.